The van der Waals surface area contributed by atoms with E-state index in [1.54, 1.807) is 4.68 Å². The Morgan fingerprint density at radius 1 is 1.44 bits per heavy atom. The molecule has 0 bridgehead atoms. The molecule has 2 aromatic rings. The van der Waals surface area contributed by atoms with Gasteiger partial charge in [-0.3, -0.25) is 0 Å². The van der Waals surface area contributed by atoms with Crippen LogP contribution < -0.4 is 5.73 Å². The van der Waals surface area contributed by atoms with Crippen LogP contribution in [0.3, 0.4) is 0 Å². The number of aromatic nitrogens is 4. The van der Waals surface area contributed by atoms with Gasteiger partial charge in [0.25, 0.3) is 0 Å². The van der Waals surface area contributed by atoms with Crippen LogP contribution in [0, 0.1) is 13.8 Å². The molecule has 0 radical (unpaired) electrons. The summed E-state index contributed by atoms with van der Waals surface area (Å²) < 4.78 is 7.21. The van der Waals surface area contributed by atoms with Gasteiger partial charge in [0.1, 0.15) is 12.3 Å². The molecule has 2 aromatic heterocycles. The standard InChI is InChI=1S/C12H19N5O/c1-4-5-10(13)11-6-17(16-15-11)7-12-14-8(2)9(3)18-12/h6,10H,4-5,7,13H2,1-3H3. The molecule has 0 aliphatic rings. The quantitative estimate of drug-likeness (QED) is 0.872. The van der Waals surface area contributed by atoms with Crippen LogP contribution in [0.2, 0.25) is 0 Å². The van der Waals surface area contributed by atoms with Crippen LogP contribution in [0.1, 0.15) is 48.8 Å². The van der Waals surface area contributed by atoms with Crippen molar-refractivity contribution < 1.29 is 4.42 Å². The molecule has 0 spiro atoms. The molecular formula is C12H19N5O. The molecule has 0 amide bonds. The van der Waals surface area contributed by atoms with Crippen LogP contribution >= 0.6 is 0 Å². The van der Waals surface area contributed by atoms with Gasteiger partial charge in [0.05, 0.1) is 23.6 Å². The molecule has 6 heteroatoms. The van der Waals surface area contributed by atoms with E-state index in [1.807, 2.05) is 20.0 Å². The molecule has 0 aliphatic carbocycles. The van der Waals surface area contributed by atoms with Crippen LogP contribution in [0.15, 0.2) is 10.6 Å². The molecule has 18 heavy (non-hydrogen) atoms. The van der Waals surface area contributed by atoms with E-state index >= 15 is 0 Å². The molecular weight excluding hydrogens is 230 g/mol. The smallest absolute Gasteiger partial charge is 0.216 e. The molecule has 0 aliphatic heterocycles. The highest BCUT2D eigenvalue weighted by molar-refractivity contribution is 5.06. The maximum Gasteiger partial charge on any atom is 0.216 e. The van der Waals surface area contributed by atoms with E-state index in [0.717, 1.165) is 30.0 Å². The van der Waals surface area contributed by atoms with Gasteiger partial charge in [-0.05, 0) is 20.3 Å². The van der Waals surface area contributed by atoms with Crippen molar-refractivity contribution in [3.8, 4) is 0 Å². The van der Waals surface area contributed by atoms with Crippen molar-refractivity contribution in [2.45, 2.75) is 46.2 Å². The van der Waals surface area contributed by atoms with Crippen molar-refractivity contribution in [2.24, 2.45) is 5.73 Å². The lowest BCUT2D eigenvalue weighted by Crippen LogP contribution is -2.10. The lowest BCUT2D eigenvalue weighted by molar-refractivity contribution is 0.442. The lowest BCUT2D eigenvalue weighted by atomic mass is 10.1. The maximum atomic E-state index is 5.99. The molecule has 6 nitrogen and oxygen atoms in total. The van der Waals surface area contributed by atoms with E-state index in [2.05, 4.69) is 22.2 Å². The minimum absolute atomic E-state index is 0.0446. The van der Waals surface area contributed by atoms with Gasteiger partial charge in [-0.25, -0.2) is 9.67 Å². The largest absolute Gasteiger partial charge is 0.444 e. The van der Waals surface area contributed by atoms with E-state index in [-0.39, 0.29) is 6.04 Å². The normalized spacial score (nSPS) is 12.9. The molecule has 2 N–H and O–H groups in total. The zero-order valence-electron chi connectivity index (χ0n) is 11.1. The van der Waals surface area contributed by atoms with Crippen molar-refractivity contribution in [3.63, 3.8) is 0 Å². The summed E-state index contributed by atoms with van der Waals surface area (Å²) >= 11 is 0. The second-order valence-corrected chi connectivity index (χ2v) is 4.49. The van der Waals surface area contributed by atoms with E-state index in [9.17, 15) is 0 Å². The number of rotatable bonds is 5. The minimum Gasteiger partial charge on any atom is -0.444 e. The van der Waals surface area contributed by atoms with Crippen LogP contribution in [0.4, 0.5) is 0 Å². The van der Waals surface area contributed by atoms with Gasteiger partial charge in [0.2, 0.25) is 5.89 Å². The zero-order valence-corrected chi connectivity index (χ0v) is 11.1. The molecule has 2 heterocycles. The highest BCUT2D eigenvalue weighted by Crippen LogP contribution is 2.13. The topological polar surface area (TPSA) is 82.8 Å². The Kier molecular flexibility index (Phi) is 3.76. The second kappa shape index (κ2) is 5.30. The van der Waals surface area contributed by atoms with Gasteiger partial charge in [-0.15, -0.1) is 5.10 Å². The third-order valence-electron chi connectivity index (χ3n) is 2.91. The molecule has 0 saturated heterocycles. The summed E-state index contributed by atoms with van der Waals surface area (Å²) in [7, 11) is 0. The first-order valence-corrected chi connectivity index (χ1v) is 6.18. The van der Waals surface area contributed by atoms with Gasteiger partial charge in [-0.2, -0.15) is 0 Å². The number of hydrogen-bond donors (Lipinski definition) is 1. The third kappa shape index (κ3) is 2.76. The highest BCUT2D eigenvalue weighted by atomic mass is 16.4. The molecule has 0 saturated carbocycles. The summed E-state index contributed by atoms with van der Waals surface area (Å²) in [6.07, 6.45) is 3.80. The summed E-state index contributed by atoms with van der Waals surface area (Å²) in [5.74, 6) is 1.48. The highest BCUT2D eigenvalue weighted by Gasteiger charge is 2.11. The number of nitrogens with two attached hydrogens (primary N) is 1. The fraction of sp³-hybridized carbons (Fsp3) is 0.583. The monoisotopic (exact) mass is 249 g/mol. The number of oxazole rings is 1. The summed E-state index contributed by atoms with van der Waals surface area (Å²) in [5, 5.41) is 8.12. The van der Waals surface area contributed by atoms with Crippen LogP contribution in [-0.4, -0.2) is 20.0 Å². The average Bonchev–Trinajstić information content (AvgIpc) is 2.88. The first-order valence-electron chi connectivity index (χ1n) is 6.18. The maximum absolute atomic E-state index is 5.99. The SMILES string of the molecule is CCCC(N)c1cn(Cc2nc(C)c(C)o2)nn1. The van der Waals surface area contributed by atoms with Crippen molar-refractivity contribution in [3.05, 3.63) is 29.2 Å². The predicted molar refractivity (Wildman–Crippen MR) is 66.9 cm³/mol. The van der Waals surface area contributed by atoms with Gasteiger partial charge in [0.15, 0.2) is 0 Å². The van der Waals surface area contributed by atoms with Crippen molar-refractivity contribution in [1.82, 2.24) is 20.0 Å². The second-order valence-electron chi connectivity index (χ2n) is 4.49. The zero-order chi connectivity index (χ0) is 13.1. The number of aryl methyl sites for hydroxylation is 2. The van der Waals surface area contributed by atoms with E-state index in [1.165, 1.54) is 0 Å². The van der Waals surface area contributed by atoms with E-state index in [4.69, 9.17) is 10.2 Å². The van der Waals surface area contributed by atoms with Crippen LogP contribution in [-0.2, 0) is 6.54 Å². The molecule has 0 aromatic carbocycles. The summed E-state index contributed by atoms with van der Waals surface area (Å²) in [6.45, 7) is 6.41. The third-order valence-corrected chi connectivity index (χ3v) is 2.91. The Balaban J connectivity index is 2.06. The molecule has 0 fully saturated rings. The van der Waals surface area contributed by atoms with Gasteiger partial charge < -0.3 is 10.2 Å². The Labute approximate surface area is 106 Å². The number of nitrogens with zero attached hydrogens (tertiary/aromatic N) is 4. The fourth-order valence-electron chi connectivity index (χ4n) is 1.76. The molecule has 2 rings (SSSR count). The summed E-state index contributed by atoms with van der Waals surface area (Å²) in [5.41, 5.74) is 7.71. The lowest BCUT2D eigenvalue weighted by Gasteiger charge is -2.04. The minimum atomic E-state index is -0.0446. The Morgan fingerprint density at radius 2 is 2.22 bits per heavy atom. The Hall–Kier alpha value is -1.69. The summed E-state index contributed by atoms with van der Waals surface area (Å²) in [4.78, 5) is 4.31. The van der Waals surface area contributed by atoms with Crippen LogP contribution in [0.25, 0.3) is 0 Å². The molecule has 98 valence electrons. The number of hydrogen-bond acceptors (Lipinski definition) is 5. The molecule has 1 unspecified atom stereocenters. The van der Waals surface area contributed by atoms with Gasteiger partial charge in [0, 0.05) is 0 Å². The Bertz CT molecular complexity index is 497. The first kappa shape index (κ1) is 12.8. The van der Waals surface area contributed by atoms with Crippen molar-refractivity contribution >= 4 is 0 Å². The van der Waals surface area contributed by atoms with Crippen LogP contribution in [0.5, 0.6) is 0 Å². The van der Waals surface area contributed by atoms with Crippen molar-refractivity contribution in [1.29, 1.82) is 0 Å². The Morgan fingerprint density at radius 3 is 2.83 bits per heavy atom. The predicted octanol–water partition coefficient (Wildman–Crippen LogP) is 1.73. The first-order chi connectivity index (χ1) is 8.60. The van der Waals surface area contributed by atoms with E-state index < -0.39 is 0 Å². The van der Waals surface area contributed by atoms with Gasteiger partial charge >= 0.3 is 0 Å². The molecule has 1 atom stereocenters. The van der Waals surface area contributed by atoms with E-state index in [0.29, 0.717) is 12.4 Å². The average molecular weight is 249 g/mol. The van der Waals surface area contributed by atoms with Gasteiger partial charge in [-0.1, -0.05) is 18.6 Å². The summed E-state index contributed by atoms with van der Waals surface area (Å²) in [6, 6.07) is -0.0446. The fourth-order valence-corrected chi connectivity index (χ4v) is 1.76. The van der Waals surface area contributed by atoms with Crippen molar-refractivity contribution in [2.75, 3.05) is 0 Å².